The van der Waals surface area contributed by atoms with E-state index < -0.39 is 0 Å². The van der Waals surface area contributed by atoms with Crippen molar-refractivity contribution in [3.63, 3.8) is 0 Å². The molecule has 0 bridgehead atoms. The summed E-state index contributed by atoms with van der Waals surface area (Å²) in [5, 5.41) is 6.24. The Morgan fingerprint density at radius 3 is 2.55 bits per heavy atom. The number of hydrogen-bond acceptors (Lipinski definition) is 1. The molecule has 0 amide bonds. The minimum atomic E-state index is 0. The van der Waals surface area contributed by atoms with Crippen LogP contribution in [-0.2, 0) is 0 Å². The van der Waals surface area contributed by atoms with Crippen LogP contribution in [0.15, 0.2) is 48.5 Å². The van der Waals surface area contributed by atoms with Gasteiger partial charge in [0.25, 0.3) is 0 Å². The molecule has 1 saturated heterocycles. The van der Waals surface area contributed by atoms with Gasteiger partial charge in [-0.15, -0.1) is 24.8 Å². The van der Waals surface area contributed by atoms with E-state index in [9.17, 15) is 0 Å². The molecule has 0 radical (unpaired) electrons. The van der Waals surface area contributed by atoms with E-state index >= 15 is 0 Å². The van der Waals surface area contributed by atoms with Crippen LogP contribution in [0.3, 0.4) is 0 Å². The summed E-state index contributed by atoms with van der Waals surface area (Å²) in [4.78, 5) is 0. The van der Waals surface area contributed by atoms with Gasteiger partial charge in [-0.2, -0.15) is 0 Å². The Kier molecular flexibility index (Phi) is 4.74. The number of rotatable bonds is 1. The molecule has 1 aliphatic carbocycles. The Morgan fingerprint density at radius 2 is 1.70 bits per heavy atom. The molecule has 0 saturated carbocycles. The molecule has 1 fully saturated rings. The quantitative estimate of drug-likeness (QED) is 0.828. The monoisotopic (exact) mass is 307 g/mol. The van der Waals surface area contributed by atoms with Crippen LogP contribution in [-0.4, -0.2) is 13.1 Å². The largest absolute Gasteiger partial charge is 0.316 e. The molecular weight excluding hydrogens is 289 g/mol. The highest BCUT2D eigenvalue weighted by atomic mass is 35.5. The van der Waals surface area contributed by atoms with Crippen molar-refractivity contribution in [1.29, 1.82) is 0 Å². The van der Waals surface area contributed by atoms with E-state index in [-0.39, 0.29) is 24.8 Å². The summed E-state index contributed by atoms with van der Waals surface area (Å²) in [6, 6.07) is 15.4. The van der Waals surface area contributed by atoms with Gasteiger partial charge in [-0.1, -0.05) is 48.5 Å². The lowest BCUT2D eigenvalue weighted by atomic mass is 9.95. The van der Waals surface area contributed by atoms with Crippen molar-refractivity contribution >= 4 is 41.2 Å². The van der Waals surface area contributed by atoms with Gasteiger partial charge in [0.2, 0.25) is 0 Å². The Morgan fingerprint density at radius 1 is 0.900 bits per heavy atom. The van der Waals surface area contributed by atoms with Crippen molar-refractivity contribution in [1.82, 2.24) is 5.32 Å². The average molecular weight is 308 g/mol. The average Bonchev–Trinajstić information content (AvgIpc) is 2.99. The van der Waals surface area contributed by atoms with E-state index in [4.69, 9.17) is 0 Å². The third-order valence-corrected chi connectivity index (χ3v) is 4.43. The van der Waals surface area contributed by atoms with Gasteiger partial charge in [-0.05, 0) is 46.7 Å². The summed E-state index contributed by atoms with van der Waals surface area (Å²) in [7, 11) is 0. The van der Waals surface area contributed by atoms with Crippen molar-refractivity contribution in [3.8, 4) is 0 Å². The Labute approximate surface area is 132 Å². The lowest BCUT2D eigenvalue weighted by molar-refractivity contribution is 0.536. The van der Waals surface area contributed by atoms with Gasteiger partial charge >= 0.3 is 0 Å². The SMILES string of the molecule is C1=C(c2cccc3ccccc23)CC2CNCC12.Cl.Cl. The second-order valence-electron chi connectivity index (χ2n) is 5.50. The standard InChI is InChI=1S/C17H17N.2ClH/c1-2-6-16-12(4-1)5-3-7-17(16)13-8-14-10-18-11-15(14)9-13;;/h1-8,14-15,18H,9-11H2;2*1H. The van der Waals surface area contributed by atoms with Crippen molar-refractivity contribution in [2.75, 3.05) is 13.1 Å². The number of benzene rings is 2. The topological polar surface area (TPSA) is 12.0 Å². The molecule has 2 unspecified atom stereocenters. The molecule has 2 aromatic carbocycles. The van der Waals surface area contributed by atoms with E-state index in [0.717, 1.165) is 11.8 Å². The number of nitrogens with one attached hydrogen (secondary N) is 1. The first-order valence-corrected chi connectivity index (χ1v) is 6.81. The molecule has 2 aliphatic rings. The number of halogens is 2. The van der Waals surface area contributed by atoms with E-state index in [1.807, 2.05) is 0 Å². The van der Waals surface area contributed by atoms with E-state index in [1.54, 1.807) is 5.57 Å². The van der Waals surface area contributed by atoms with Crippen LogP contribution < -0.4 is 5.32 Å². The van der Waals surface area contributed by atoms with Crippen LogP contribution in [0.2, 0.25) is 0 Å². The van der Waals surface area contributed by atoms with E-state index in [2.05, 4.69) is 53.9 Å². The Balaban J connectivity index is 0.000000735. The maximum absolute atomic E-state index is 3.49. The molecule has 1 nitrogen and oxygen atoms in total. The van der Waals surface area contributed by atoms with Gasteiger partial charge in [-0.3, -0.25) is 0 Å². The first kappa shape index (κ1) is 15.4. The third kappa shape index (κ3) is 2.46. The minimum absolute atomic E-state index is 0. The lowest BCUT2D eigenvalue weighted by Crippen LogP contribution is -2.09. The number of fused-ring (bicyclic) bond motifs is 2. The summed E-state index contributed by atoms with van der Waals surface area (Å²) in [6.45, 7) is 2.36. The maximum atomic E-state index is 3.49. The molecule has 1 aliphatic heterocycles. The van der Waals surface area contributed by atoms with E-state index in [1.165, 1.54) is 35.8 Å². The van der Waals surface area contributed by atoms with Gasteiger partial charge in [0.15, 0.2) is 0 Å². The predicted octanol–water partition coefficient (Wildman–Crippen LogP) is 4.31. The van der Waals surface area contributed by atoms with Crippen molar-refractivity contribution in [3.05, 3.63) is 54.1 Å². The van der Waals surface area contributed by atoms with Crippen LogP contribution in [0, 0.1) is 11.8 Å². The summed E-state index contributed by atoms with van der Waals surface area (Å²) < 4.78 is 0. The molecular formula is C17H19Cl2N. The van der Waals surface area contributed by atoms with Crippen molar-refractivity contribution in [2.24, 2.45) is 11.8 Å². The van der Waals surface area contributed by atoms with Gasteiger partial charge < -0.3 is 5.32 Å². The van der Waals surface area contributed by atoms with Gasteiger partial charge in [0.05, 0.1) is 0 Å². The first-order chi connectivity index (χ1) is 8.92. The highest BCUT2D eigenvalue weighted by Crippen LogP contribution is 2.40. The smallest absolute Gasteiger partial charge is 0.00178 e. The summed E-state index contributed by atoms with van der Waals surface area (Å²) >= 11 is 0. The Hall–Kier alpha value is -1.02. The summed E-state index contributed by atoms with van der Waals surface area (Å²) in [5.41, 5.74) is 3.01. The van der Waals surface area contributed by atoms with Gasteiger partial charge in [0, 0.05) is 6.54 Å². The predicted molar refractivity (Wildman–Crippen MR) is 90.9 cm³/mol. The fourth-order valence-corrected chi connectivity index (χ4v) is 3.49. The molecule has 1 N–H and O–H groups in total. The second kappa shape index (κ2) is 6.17. The molecule has 20 heavy (non-hydrogen) atoms. The molecule has 4 rings (SSSR count). The van der Waals surface area contributed by atoms with Gasteiger partial charge in [0.1, 0.15) is 0 Å². The highest BCUT2D eigenvalue weighted by Gasteiger charge is 2.32. The van der Waals surface area contributed by atoms with Crippen LogP contribution in [0.5, 0.6) is 0 Å². The third-order valence-electron chi connectivity index (χ3n) is 4.43. The number of hydrogen-bond donors (Lipinski definition) is 1. The van der Waals surface area contributed by atoms with E-state index in [0.29, 0.717) is 0 Å². The minimum Gasteiger partial charge on any atom is -0.316 e. The molecule has 1 heterocycles. The van der Waals surface area contributed by atoms with Crippen molar-refractivity contribution < 1.29 is 0 Å². The summed E-state index contributed by atoms with van der Waals surface area (Å²) in [5.74, 6) is 1.60. The molecule has 106 valence electrons. The zero-order valence-electron chi connectivity index (χ0n) is 11.2. The number of allylic oxidation sites excluding steroid dienone is 1. The fourth-order valence-electron chi connectivity index (χ4n) is 3.49. The van der Waals surface area contributed by atoms with Crippen LogP contribution in [0.1, 0.15) is 12.0 Å². The summed E-state index contributed by atoms with van der Waals surface area (Å²) in [6.07, 6.45) is 3.75. The molecule has 0 spiro atoms. The maximum Gasteiger partial charge on any atom is 0.00178 e. The van der Waals surface area contributed by atoms with Crippen LogP contribution in [0.25, 0.3) is 16.3 Å². The van der Waals surface area contributed by atoms with Crippen LogP contribution in [0.4, 0.5) is 0 Å². The fraction of sp³-hybridized carbons (Fsp3) is 0.294. The Bertz CT molecular complexity index is 630. The molecule has 0 aromatic heterocycles. The molecule has 2 aromatic rings. The normalized spacial score (nSPS) is 23.7. The highest BCUT2D eigenvalue weighted by molar-refractivity contribution is 5.94. The first-order valence-electron chi connectivity index (χ1n) is 6.81. The zero-order valence-corrected chi connectivity index (χ0v) is 12.8. The van der Waals surface area contributed by atoms with Crippen molar-refractivity contribution in [2.45, 2.75) is 6.42 Å². The molecule has 2 atom stereocenters. The lowest BCUT2D eigenvalue weighted by Gasteiger charge is -2.09. The zero-order chi connectivity index (χ0) is 11.9. The molecule has 3 heteroatoms. The second-order valence-corrected chi connectivity index (χ2v) is 5.50. The van der Waals surface area contributed by atoms with Gasteiger partial charge in [-0.25, -0.2) is 0 Å². The van der Waals surface area contributed by atoms with Crippen LogP contribution >= 0.6 is 24.8 Å².